The van der Waals surface area contributed by atoms with Crippen molar-refractivity contribution in [3.63, 3.8) is 0 Å². The van der Waals surface area contributed by atoms with Crippen LogP contribution in [0.2, 0.25) is 0 Å². The van der Waals surface area contributed by atoms with E-state index in [1.807, 2.05) is 6.92 Å². The van der Waals surface area contributed by atoms with Crippen LogP contribution in [0.5, 0.6) is 0 Å². The van der Waals surface area contributed by atoms with Gasteiger partial charge in [0, 0.05) is 5.57 Å². The molecule has 4 nitrogen and oxygen atoms in total. The average molecular weight is 158 g/mol. The van der Waals surface area contributed by atoms with Crippen LogP contribution in [0.3, 0.4) is 0 Å². The second kappa shape index (κ2) is 5.46. The predicted molar refractivity (Wildman–Crippen MR) is 37.3 cm³/mol. The number of hydrogen-bond donors (Lipinski definition) is 0. The van der Waals surface area contributed by atoms with Crippen LogP contribution in [0.4, 0.5) is 0 Å². The molecule has 0 saturated carbocycles. The van der Waals surface area contributed by atoms with Crippen molar-refractivity contribution in [3.05, 3.63) is 11.6 Å². The van der Waals surface area contributed by atoms with Crippen LogP contribution in [0.1, 0.15) is 20.3 Å². The monoisotopic (exact) mass is 158 g/mol. The molecule has 0 bridgehead atoms. The molecule has 0 aliphatic heterocycles. The highest BCUT2D eigenvalue weighted by atomic mass is 17.2. The van der Waals surface area contributed by atoms with Crippen LogP contribution in [0, 0.1) is 0 Å². The summed E-state index contributed by atoms with van der Waals surface area (Å²) < 4.78 is 0. The van der Waals surface area contributed by atoms with Crippen LogP contribution in [-0.2, 0) is 19.4 Å². The molecule has 0 aromatic heterocycles. The Kier molecular flexibility index (Phi) is 4.81. The molecule has 0 aliphatic rings. The summed E-state index contributed by atoms with van der Waals surface area (Å²) in [5.41, 5.74) is 0.425. The van der Waals surface area contributed by atoms with Gasteiger partial charge in [-0.2, -0.15) is 0 Å². The van der Waals surface area contributed by atoms with Crippen LogP contribution < -0.4 is 0 Å². The first-order valence-electron chi connectivity index (χ1n) is 3.20. The van der Waals surface area contributed by atoms with E-state index in [9.17, 15) is 9.59 Å². The zero-order valence-electron chi connectivity index (χ0n) is 6.49. The molecule has 0 atom stereocenters. The fourth-order valence-corrected chi connectivity index (χ4v) is 0.519. The molecule has 0 rings (SSSR count). The van der Waals surface area contributed by atoms with Crippen molar-refractivity contribution in [1.29, 1.82) is 0 Å². The highest BCUT2D eigenvalue weighted by Crippen LogP contribution is 1.97. The summed E-state index contributed by atoms with van der Waals surface area (Å²) in [6, 6.07) is 0. The first-order chi connectivity index (χ1) is 5.22. The first kappa shape index (κ1) is 9.68. The molecule has 0 aliphatic carbocycles. The maximum absolute atomic E-state index is 10.7. The van der Waals surface area contributed by atoms with Gasteiger partial charge in [-0.05, 0) is 13.3 Å². The summed E-state index contributed by atoms with van der Waals surface area (Å²) in [5, 5.41) is 0. The van der Waals surface area contributed by atoms with Gasteiger partial charge in [0.05, 0.1) is 0 Å². The Hall–Kier alpha value is -1.32. The number of hydrogen-bond acceptors (Lipinski definition) is 4. The van der Waals surface area contributed by atoms with E-state index in [0.717, 1.165) is 6.42 Å². The lowest BCUT2D eigenvalue weighted by molar-refractivity contribution is -0.244. The van der Waals surface area contributed by atoms with E-state index in [4.69, 9.17) is 0 Å². The quantitative estimate of drug-likeness (QED) is 0.265. The van der Waals surface area contributed by atoms with Gasteiger partial charge < -0.3 is 0 Å². The smallest absolute Gasteiger partial charge is 0.251 e. The fraction of sp³-hybridized carbons (Fsp3) is 0.429. The molecule has 0 fully saturated rings. The Labute approximate surface area is 64.7 Å². The lowest BCUT2D eigenvalue weighted by Gasteiger charge is -1.96. The average Bonchev–Trinajstić information content (AvgIpc) is 2.00. The van der Waals surface area contributed by atoms with E-state index in [-0.39, 0.29) is 6.47 Å². The molecule has 4 heteroatoms. The third-order valence-electron chi connectivity index (χ3n) is 0.995. The van der Waals surface area contributed by atoms with Crippen LogP contribution in [-0.4, -0.2) is 12.4 Å². The molecule has 0 aromatic rings. The molecule has 62 valence electrons. The van der Waals surface area contributed by atoms with Gasteiger partial charge in [-0.3, -0.25) is 9.68 Å². The maximum Gasteiger partial charge on any atom is 0.381 e. The minimum atomic E-state index is -0.640. The van der Waals surface area contributed by atoms with Crippen LogP contribution in [0.15, 0.2) is 11.6 Å². The van der Waals surface area contributed by atoms with Gasteiger partial charge in [0.15, 0.2) is 0 Å². The van der Waals surface area contributed by atoms with E-state index < -0.39 is 5.97 Å². The first-order valence-corrected chi connectivity index (χ1v) is 3.20. The van der Waals surface area contributed by atoms with E-state index in [2.05, 4.69) is 9.78 Å². The zero-order chi connectivity index (χ0) is 8.69. The van der Waals surface area contributed by atoms with Gasteiger partial charge in [0.25, 0.3) is 0 Å². The summed E-state index contributed by atoms with van der Waals surface area (Å²) in [7, 11) is 0. The summed E-state index contributed by atoms with van der Waals surface area (Å²) in [6.07, 6.45) is 2.42. The number of carbonyl (C=O) groups is 2. The molecule has 11 heavy (non-hydrogen) atoms. The molecule has 0 radical (unpaired) electrons. The second-order valence-corrected chi connectivity index (χ2v) is 1.86. The van der Waals surface area contributed by atoms with Crippen molar-refractivity contribution in [2.24, 2.45) is 0 Å². The topological polar surface area (TPSA) is 52.6 Å². The number of carbonyl (C=O) groups excluding carboxylic acids is 2. The Morgan fingerprint density at radius 2 is 2.18 bits per heavy atom. The van der Waals surface area contributed by atoms with Gasteiger partial charge in [-0.1, -0.05) is 13.0 Å². The summed E-state index contributed by atoms with van der Waals surface area (Å²) in [5.74, 6) is -0.640. The minimum absolute atomic E-state index is 0.0527. The van der Waals surface area contributed by atoms with Crippen LogP contribution in [0.25, 0.3) is 0 Å². The summed E-state index contributed by atoms with van der Waals surface area (Å²) >= 11 is 0. The predicted octanol–water partition coefficient (Wildman–Crippen LogP) is 0.974. The van der Waals surface area contributed by atoms with Crippen molar-refractivity contribution in [2.45, 2.75) is 20.3 Å². The minimum Gasteiger partial charge on any atom is -0.251 e. The molecule has 0 saturated heterocycles. The molecule has 0 spiro atoms. The molecule has 0 aromatic carbocycles. The van der Waals surface area contributed by atoms with E-state index in [0.29, 0.717) is 5.57 Å². The molecule has 0 N–H and O–H groups in total. The second-order valence-electron chi connectivity index (χ2n) is 1.86. The van der Waals surface area contributed by atoms with Gasteiger partial charge in [-0.25, -0.2) is 9.68 Å². The van der Waals surface area contributed by atoms with Crippen molar-refractivity contribution < 1.29 is 19.4 Å². The normalized spacial score (nSPS) is 10.5. The Balaban J connectivity index is 3.82. The lowest BCUT2D eigenvalue weighted by atomic mass is 10.2. The number of allylic oxidation sites excluding steroid dienone is 1. The van der Waals surface area contributed by atoms with E-state index >= 15 is 0 Å². The number of rotatable bonds is 4. The third-order valence-corrected chi connectivity index (χ3v) is 0.995. The zero-order valence-corrected chi connectivity index (χ0v) is 6.49. The molecule has 0 unspecified atom stereocenters. The largest absolute Gasteiger partial charge is 0.381 e. The third kappa shape index (κ3) is 4.13. The Bertz CT molecular complexity index is 171. The molecule has 0 amide bonds. The molecular formula is C7H10O4. The SMILES string of the molecule is CCC=C(C)C(=O)OOC=O. The van der Waals surface area contributed by atoms with Crippen molar-refractivity contribution in [3.8, 4) is 0 Å². The Morgan fingerprint density at radius 1 is 1.55 bits per heavy atom. The summed E-state index contributed by atoms with van der Waals surface area (Å²) in [6.45, 7) is 3.52. The van der Waals surface area contributed by atoms with Crippen molar-refractivity contribution in [1.82, 2.24) is 0 Å². The highest BCUT2D eigenvalue weighted by Gasteiger charge is 2.05. The van der Waals surface area contributed by atoms with E-state index in [1.165, 1.54) is 0 Å². The van der Waals surface area contributed by atoms with Crippen LogP contribution >= 0.6 is 0 Å². The standard InChI is InChI=1S/C7H10O4/c1-3-4-6(2)7(9)11-10-5-8/h4-5H,3H2,1-2H3. The van der Waals surface area contributed by atoms with Gasteiger partial charge in [0.1, 0.15) is 0 Å². The molecular weight excluding hydrogens is 148 g/mol. The van der Waals surface area contributed by atoms with Gasteiger partial charge in [0.2, 0.25) is 0 Å². The lowest BCUT2D eigenvalue weighted by Crippen LogP contribution is -2.05. The summed E-state index contributed by atoms with van der Waals surface area (Å²) in [4.78, 5) is 28.1. The maximum atomic E-state index is 10.7. The van der Waals surface area contributed by atoms with Crippen molar-refractivity contribution >= 4 is 12.4 Å². The highest BCUT2D eigenvalue weighted by molar-refractivity contribution is 5.87. The van der Waals surface area contributed by atoms with Crippen molar-refractivity contribution in [2.75, 3.05) is 0 Å². The molecule has 0 heterocycles. The van der Waals surface area contributed by atoms with E-state index in [1.54, 1.807) is 13.0 Å². The Morgan fingerprint density at radius 3 is 2.64 bits per heavy atom. The van der Waals surface area contributed by atoms with Gasteiger partial charge in [-0.15, -0.1) is 0 Å². The fourth-order valence-electron chi connectivity index (χ4n) is 0.519. The van der Waals surface area contributed by atoms with Gasteiger partial charge >= 0.3 is 12.4 Å².